The van der Waals surface area contributed by atoms with Crippen LogP contribution in [0.1, 0.15) is 30.3 Å². The number of hydrogen-bond acceptors (Lipinski definition) is 6. The van der Waals surface area contributed by atoms with Gasteiger partial charge in [-0.25, -0.2) is 19.7 Å². The number of hydroxylamine groups is 2. The molecule has 1 aliphatic rings. The molecule has 1 fully saturated rings. The number of carbonyl (C=O) groups excluding carboxylic acids is 1. The Balaban J connectivity index is 1.77. The highest BCUT2D eigenvalue weighted by Crippen LogP contribution is 2.33. The van der Waals surface area contributed by atoms with Gasteiger partial charge in [0.1, 0.15) is 5.82 Å². The second-order valence-electron chi connectivity index (χ2n) is 6.29. The van der Waals surface area contributed by atoms with Crippen LogP contribution >= 0.6 is 0 Å². The molecule has 0 aliphatic carbocycles. The zero-order chi connectivity index (χ0) is 17.4. The number of aryl methyl sites for hydroxylation is 1. The first kappa shape index (κ1) is 15.8. The van der Waals surface area contributed by atoms with Crippen LogP contribution in [0.2, 0.25) is 0 Å². The average Bonchev–Trinajstić information content (AvgIpc) is 3.09. The van der Waals surface area contributed by atoms with E-state index in [1.807, 2.05) is 13.0 Å². The van der Waals surface area contributed by atoms with Gasteiger partial charge in [0, 0.05) is 48.7 Å². The van der Waals surface area contributed by atoms with Crippen molar-refractivity contribution >= 4 is 28.0 Å². The highest BCUT2D eigenvalue weighted by molar-refractivity contribution is 6.04. The standard InChI is InChI=1S/C17H20N6O2/c1-10-21-13-8-20-16-12(5-6-19-16)14(13)15(22-10)11-4-3-7-23(9-11)25-17(24)18-2/h5-6,8,11H,3-4,7,9H2,1-2H3,(H,18,24)(H,21,22). The minimum atomic E-state index is -0.438. The van der Waals surface area contributed by atoms with Crippen molar-refractivity contribution in [1.29, 1.82) is 0 Å². The maximum atomic E-state index is 11.5. The first-order chi connectivity index (χ1) is 12.2. The summed E-state index contributed by atoms with van der Waals surface area (Å²) in [6.07, 6.45) is 5.07. The van der Waals surface area contributed by atoms with Gasteiger partial charge in [-0.1, -0.05) is 0 Å². The monoisotopic (exact) mass is 340 g/mol. The summed E-state index contributed by atoms with van der Waals surface area (Å²) in [7, 11) is 1.56. The molecule has 8 nitrogen and oxygen atoms in total. The average molecular weight is 340 g/mol. The van der Waals surface area contributed by atoms with Crippen molar-refractivity contribution in [1.82, 2.24) is 30.3 Å². The van der Waals surface area contributed by atoms with E-state index in [1.54, 1.807) is 24.5 Å². The van der Waals surface area contributed by atoms with Crippen LogP contribution in [0.3, 0.4) is 0 Å². The molecule has 1 saturated heterocycles. The van der Waals surface area contributed by atoms with E-state index < -0.39 is 6.09 Å². The van der Waals surface area contributed by atoms with E-state index in [9.17, 15) is 4.79 Å². The van der Waals surface area contributed by atoms with Crippen LogP contribution in [-0.4, -0.2) is 51.2 Å². The predicted molar refractivity (Wildman–Crippen MR) is 93.0 cm³/mol. The van der Waals surface area contributed by atoms with E-state index in [0.29, 0.717) is 6.54 Å². The van der Waals surface area contributed by atoms with Crippen LogP contribution in [-0.2, 0) is 4.84 Å². The van der Waals surface area contributed by atoms with Gasteiger partial charge in [0.25, 0.3) is 0 Å². The van der Waals surface area contributed by atoms with Gasteiger partial charge in [-0.3, -0.25) is 0 Å². The van der Waals surface area contributed by atoms with Crippen molar-refractivity contribution in [2.45, 2.75) is 25.7 Å². The number of fused-ring (bicyclic) bond motifs is 3. The Kier molecular flexibility index (Phi) is 3.96. The smallest absolute Gasteiger partial charge is 0.351 e. The number of pyridine rings is 1. The fraction of sp³-hybridized carbons (Fsp3) is 0.412. The topological polar surface area (TPSA) is 96.0 Å². The molecule has 130 valence electrons. The van der Waals surface area contributed by atoms with Gasteiger partial charge in [-0.15, -0.1) is 5.06 Å². The lowest BCUT2D eigenvalue weighted by atomic mass is 9.92. The molecular formula is C17H20N6O2. The third-order valence-electron chi connectivity index (χ3n) is 4.60. The molecular weight excluding hydrogens is 320 g/mol. The summed E-state index contributed by atoms with van der Waals surface area (Å²) in [5.41, 5.74) is 2.69. The molecule has 4 heterocycles. The number of nitrogens with one attached hydrogen (secondary N) is 2. The molecule has 0 radical (unpaired) electrons. The summed E-state index contributed by atoms with van der Waals surface area (Å²) >= 11 is 0. The molecule has 1 unspecified atom stereocenters. The Bertz CT molecular complexity index is 937. The Hall–Kier alpha value is -2.74. The van der Waals surface area contributed by atoms with Crippen LogP contribution in [0.5, 0.6) is 0 Å². The zero-order valence-corrected chi connectivity index (χ0v) is 14.2. The molecule has 2 N–H and O–H groups in total. The van der Waals surface area contributed by atoms with Crippen molar-refractivity contribution < 1.29 is 9.63 Å². The maximum absolute atomic E-state index is 11.5. The van der Waals surface area contributed by atoms with Crippen LogP contribution in [0, 0.1) is 6.92 Å². The van der Waals surface area contributed by atoms with E-state index >= 15 is 0 Å². The number of nitrogens with zero attached hydrogens (tertiary/aromatic N) is 4. The maximum Gasteiger partial charge on any atom is 0.426 e. The number of H-pyrrole nitrogens is 1. The molecule has 0 saturated carbocycles. The zero-order valence-electron chi connectivity index (χ0n) is 14.2. The van der Waals surface area contributed by atoms with Gasteiger partial charge in [-0.05, 0) is 25.8 Å². The molecule has 0 aromatic carbocycles. The summed E-state index contributed by atoms with van der Waals surface area (Å²) in [5, 5.41) is 6.27. The normalized spacial score (nSPS) is 18.6. The van der Waals surface area contributed by atoms with Crippen molar-refractivity contribution in [3.8, 4) is 0 Å². The molecule has 3 aromatic heterocycles. The third-order valence-corrected chi connectivity index (χ3v) is 4.60. The minimum absolute atomic E-state index is 0.211. The van der Waals surface area contributed by atoms with E-state index in [1.165, 1.54) is 0 Å². The molecule has 0 spiro atoms. The number of rotatable bonds is 2. The lowest BCUT2D eigenvalue weighted by molar-refractivity contribution is -0.115. The van der Waals surface area contributed by atoms with Crippen LogP contribution in [0.15, 0.2) is 18.5 Å². The first-order valence-corrected chi connectivity index (χ1v) is 8.40. The van der Waals surface area contributed by atoms with Gasteiger partial charge in [0.05, 0.1) is 11.7 Å². The SMILES string of the molecule is CNC(=O)ON1CCCC(c2[nH]c(C)nc3cnc4nccc4c23)C1. The van der Waals surface area contributed by atoms with Crippen LogP contribution < -0.4 is 5.32 Å². The molecule has 3 aromatic rings. The van der Waals surface area contributed by atoms with Gasteiger partial charge in [0.2, 0.25) is 0 Å². The second kappa shape index (κ2) is 6.29. The molecule has 25 heavy (non-hydrogen) atoms. The molecule has 4 rings (SSSR count). The van der Waals surface area contributed by atoms with Crippen molar-refractivity contribution in [3.05, 3.63) is 30.0 Å². The van der Waals surface area contributed by atoms with Gasteiger partial charge in [0.15, 0.2) is 5.65 Å². The number of aromatic nitrogens is 4. The Labute approximate surface area is 144 Å². The van der Waals surface area contributed by atoms with Crippen molar-refractivity contribution in [2.75, 3.05) is 20.1 Å². The number of hydrogen-bond donors (Lipinski definition) is 2. The Morgan fingerprint density at radius 2 is 2.32 bits per heavy atom. The summed E-state index contributed by atoms with van der Waals surface area (Å²) in [6, 6.07) is 1.97. The summed E-state index contributed by atoms with van der Waals surface area (Å²) in [5.74, 6) is 1.05. The lowest BCUT2D eigenvalue weighted by Crippen LogP contribution is -2.39. The van der Waals surface area contributed by atoms with Crippen LogP contribution in [0.25, 0.3) is 21.9 Å². The van der Waals surface area contributed by atoms with Gasteiger partial charge >= 0.3 is 6.09 Å². The molecule has 1 atom stereocenters. The largest absolute Gasteiger partial charge is 0.426 e. The number of carbonyl (C=O) groups is 1. The highest BCUT2D eigenvalue weighted by atomic mass is 16.7. The van der Waals surface area contributed by atoms with E-state index in [2.05, 4.69) is 25.3 Å². The Morgan fingerprint density at radius 1 is 1.44 bits per heavy atom. The van der Waals surface area contributed by atoms with E-state index in [4.69, 9.17) is 4.84 Å². The number of piperidine rings is 1. The highest BCUT2D eigenvalue weighted by Gasteiger charge is 2.27. The fourth-order valence-corrected chi connectivity index (χ4v) is 3.51. The van der Waals surface area contributed by atoms with Crippen molar-refractivity contribution in [2.24, 2.45) is 0 Å². The molecule has 8 heteroatoms. The van der Waals surface area contributed by atoms with E-state index in [-0.39, 0.29) is 5.92 Å². The van der Waals surface area contributed by atoms with Crippen LogP contribution in [0.4, 0.5) is 4.79 Å². The quantitative estimate of drug-likeness (QED) is 0.743. The predicted octanol–water partition coefficient (Wildman–Crippen LogP) is 2.26. The third kappa shape index (κ3) is 2.89. The van der Waals surface area contributed by atoms with Gasteiger partial charge < -0.3 is 15.1 Å². The summed E-state index contributed by atoms with van der Waals surface area (Å²) in [4.78, 5) is 33.6. The van der Waals surface area contributed by atoms with Gasteiger partial charge in [-0.2, -0.15) is 0 Å². The lowest BCUT2D eigenvalue weighted by Gasteiger charge is -2.31. The number of aromatic amines is 1. The fourth-order valence-electron chi connectivity index (χ4n) is 3.51. The molecule has 1 amide bonds. The molecule has 1 aliphatic heterocycles. The Morgan fingerprint density at radius 3 is 3.16 bits per heavy atom. The summed E-state index contributed by atoms with van der Waals surface area (Å²) in [6.45, 7) is 3.32. The second-order valence-corrected chi connectivity index (χ2v) is 6.29. The minimum Gasteiger partial charge on any atom is -0.351 e. The summed E-state index contributed by atoms with van der Waals surface area (Å²) < 4.78 is 0. The van der Waals surface area contributed by atoms with Crippen molar-refractivity contribution in [3.63, 3.8) is 0 Å². The van der Waals surface area contributed by atoms with E-state index in [0.717, 1.165) is 52.8 Å². The first-order valence-electron chi connectivity index (χ1n) is 8.40. The molecule has 0 bridgehead atoms. The number of amides is 1.